The van der Waals surface area contributed by atoms with Crippen LogP contribution in [0.5, 0.6) is 5.75 Å². The number of ether oxygens (including phenoxy) is 1. The van der Waals surface area contributed by atoms with Crippen molar-refractivity contribution in [3.8, 4) is 5.75 Å². The maximum atomic E-state index is 12.0. The van der Waals surface area contributed by atoms with E-state index in [-0.39, 0.29) is 12.1 Å². The second-order valence-electron chi connectivity index (χ2n) is 5.53. The predicted octanol–water partition coefficient (Wildman–Crippen LogP) is 3.84. The van der Waals surface area contributed by atoms with Gasteiger partial charge in [-0.1, -0.05) is 6.92 Å². The van der Waals surface area contributed by atoms with Crippen molar-refractivity contribution in [1.82, 2.24) is 10.3 Å². The molecule has 6 heteroatoms. The molecule has 0 spiro atoms. The van der Waals surface area contributed by atoms with Gasteiger partial charge in [-0.3, -0.25) is 4.90 Å². The molecule has 2 amide bonds. The minimum Gasteiger partial charge on any atom is -0.487 e. The van der Waals surface area contributed by atoms with Crippen LogP contribution >= 0.6 is 11.3 Å². The molecule has 0 unspecified atom stereocenters. The molecule has 1 N–H and O–H groups in total. The molecule has 0 aliphatic rings. The van der Waals surface area contributed by atoms with Crippen LogP contribution < -0.4 is 15.0 Å². The number of aromatic nitrogens is 1. The van der Waals surface area contributed by atoms with Crippen LogP contribution in [0, 0.1) is 0 Å². The van der Waals surface area contributed by atoms with Crippen LogP contribution in [0.25, 0.3) is 0 Å². The number of benzene rings is 1. The molecule has 0 atom stereocenters. The molecule has 0 aliphatic heterocycles. The molecule has 1 aromatic heterocycles. The van der Waals surface area contributed by atoms with E-state index < -0.39 is 0 Å². The summed E-state index contributed by atoms with van der Waals surface area (Å²) in [4.78, 5) is 18.0. The number of anilines is 1. The number of rotatable bonds is 6. The van der Waals surface area contributed by atoms with Crippen molar-refractivity contribution in [3.05, 3.63) is 40.3 Å². The summed E-state index contributed by atoms with van der Waals surface area (Å²) >= 11 is 1.66. The van der Waals surface area contributed by atoms with E-state index >= 15 is 0 Å². The van der Waals surface area contributed by atoms with E-state index in [2.05, 4.69) is 17.2 Å². The van der Waals surface area contributed by atoms with Crippen molar-refractivity contribution in [1.29, 1.82) is 0 Å². The first kappa shape index (κ1) is 17.3. The molecule has 1 heterocycles. The number of hydrogen-bond acceptors (Lipinski definition) is 4. The standard InChI is InChI=1S/C17H23N3O2S/c1-5-16-19-13(11-23-16)10-22-15-8-6-14(7-9-15)20(4)17(21)18-12(2)3/h6-9,11-12H,5,10H2,1-4H3,(H,18,21). The summed E-state index contributed by atoms with van der Waals surface area (Å²) in [5.74, 6) is 0.762. The number of aryl methyl sites for hydroxylation is 1. The van der Waals surface area contributed by atoms with Crippen molar-refractivity contribution in [2.75, 3.05) is 11.9 Å². The van der Waals surface area contributed by atoms with Gasteiger partial charge in [0.2, 0.25) is 0 Å². The third kappa shape index (κ3) is 4.96. The van der Waals surface area contributed by atoms with E-state index in [4.69, 9.17) is 4.74 Å². The van der Waals surface area contributed by atoms with Gasteiger partial charge in [-0.2, -0.15) is 0 Å². The van der Waals surface area contributed by atoms with Gasteiger partial charge in [-0.15, -0.1) is 11.3 Å². The van der Waals surface area contributed by atoms with Crippen molar-refractivity contribution < 1.29 is 9.53 Å². The van der Waals surface area contributed by atoms with Crippen molar-refractivity contribution in [2.24, 2.45) is 0 Å². The lowest BCUT2D eigenvalue weighted by molar-refractivity contribution is 0.245. The number of carbonyl (C=O) groups excluding carboxylic acids is 1. The lowest BCUT2D eigenvalue weighted by Crippen LogP contribution is -2.40. The maximum absolute atomic E-state index is 12.0. The third-order valence-electron chi connectivity index (χ3n) is 3.23. The first-order valence-electron chi connectivity index (χ1n) is 7.70. The lowest BCUT2D eigenvalue weighted by atomic mass is 10.3. The van der Waals surface area contributed by atoms with Crippen LogP contribution in [0.15, 0.2) is 29.6 Å². The lowest BCUT2D eigenvalue weighted by Gasteiger charge is -2.20. The molecular weight excluding hydrogens is 310 g/mol. The zero-order valence-corrected chi connectivity index (χ0v) is 14.8. The Morgan fingerprint density at radius 1 is 1.35 bits per heavy atom. The van der Waals surface area contributed by atoms with Gasteiger partial charge < -0.3 is 10.1 Å². The Morgan fingerprint density at radius 3 is 2.61 bits per heavy atom. The van der Waals surface area contributed by atoms with Crippen LogP contribution in [-0.4, -0.2) is 24.1 Å². The number of thiazole rings is 1. The van der Waals surface area contributed by atoms with E-state index in [1.165, 1.54) is 0 Å². The van der Waals surface area contributed by atoms with Crippen LogP contribution in [0.3, 0.4) is 0 Å². The fourth-order valence-electron chi connectivity index (χ4n) is 1.96. The molecular formula is C17H23N3O2S. The van der Waals surface area contributed by atoms with E-state index in [0.717, 1.165) is 28.6 Å². The zero-order chi connectivity index (χ0) is 16.8. The summed E-state index contributed by atoms with van der Waals surface area (Å²) in [7, 11) is 1.75. The predicted molar refractivity (Wildman–Crippen MR) is 94.3 cm³/mol. The Bertz CT molecular complexity index is 638. The van der Waals surface area contributed by atoms with E-state index in [1.54, 1.807) is 23.3 Å². The minimum absolute atomic E-state index is 0.110. The van der Waals surface area contributed by atoms with Crippen LogP contribution in [0.2, 0.25) is 0 Å². The maximum Gasteiger partial charge on any atom is 0.321 e. The summed E-state index contributed by atoms with van der Waals surface area (Å²) in [6.07, 6.45) is 0.949. The van der Waals surface area contributed by atoms with Crippen molar-refractivity contribution >= 4 is 23.1 Å². The van der Waals surface area contributed by atoms with E-state index in [0.29, 0.717) is 6.61 Å². The van der Waals surface area contributed by atoms with E-state index in [9.17, 15) is 4.79 Å². The average Bonchev–Trinajstić information content (AvgIpc) is 3.00. The number of urea groups is 1. The highest BCUT2D eigenvalue weighted by atomic mass is 32.1. The van der Waals surface area contributed by atoms with Crippen LogP contribution in [0.4, 0.5) is 10.5 Å². The number of hydrogen-bond donors (Lipinski definition) is 1. The third-order valence-corrected chi connectivity index (χ3v) is 4.27. The molecule has 0 saturated carbocycles. The minimum atomic E-state index is -0.122. The fraction of sp³-hybridized carbons (Fsp3) is 0.412. The van der Waals surface area contributed by atoms with Gasteiger partial charge in [0.25, 0.3) is 0 Å². The Hall–Kier alpha value is -2.08. The average molecular weight is 333 g/mol. The zero-order valence-electron chi connectivity index (χ0n) is 14.0. The Morgan fingerprint density at radius 2 is 2.04 bits per heavy atom. The Balaban J connectivity index is 1.92. The van der Waals surface area contributed by atoms with Crippen LogP contribution in [-0.2, 0) is 13.0 Å². The topological polar surface area (TPSA) is 54.5 Å². The molecule has 0 radical (unpaired) electrons. The SMILES string of the molecule is CCc1nc(COc2ccc(N(C)C(=O)NC(C)C)cc2)cs1. The van der Waals surface area contributed by atoms with Crippen molar-refractivity contribution in [3.63, 3.8) is 0 Å². The highest BCUT2D eigenvalue weighted by molar-refractivity contribution is 7.09. The normalized spacial score (nSPS) is 10.7. The molecule has 0 bridgehead atoms. The van der Waals surface area contributed by atoms with Gasteiger partial charge in [0.05, 0.1) is 10.7 Å². The van der Waals surface area contributed by atoms with Gasteiger partial charge >= 0.3 is 6.03 Å². The summed E-state index contributed by atoms with van der Waals surface area (Å²) in [6.45, 7) is 6.42. The van der Waals surface area contributed by atoms with Gasteiger partial charge in [-0.05, 0) is 44.5 Å². The highest BCUT2D eigenvalue weighted by Gasteiger charge is 2.11. The fourth-order valence-corrected chi connectivity index (χ4v) is 2.69. The number of nitrogens with zero attached hydrogens (tertiary/aromatic N) is 2. The second kappa shape index (κ2) is 7.97. The second-order valence-corrected chi connectivity index (χ2v) is 6.47. The molecule has 23 heavy (non-hydrogen) atoms. The smallest absolute Gasteiger partial charge is 0.321 e. The molecule has 124 valence electrons. The number of amides is 2. The summed E-state index contributed by atoms with van der Waals surface area (Å²) < 4.78 is 5.73. The van der Waals surface area contributed by atoms with Gasteiger partial charge in [-0.25, -0.2) is 9.78 Å². The summed E-state index contributed by atoms with van der Waals surface area (Å²) in [5.41, 5.74) is 1.77. The van der Waals surface area contributed by atoms with Gasteiger partial charge in [0, 0.05) is 24.2 Å². The first-order chi connectivity index (χ1) is 11.0. The number of nitrogens with one attached hydrogen (secondary N) is 1. The molecule has 0 fully saturated rings. The molecule has 0 saturated heterocycles. The van der Waals surface area contributed by atoms with Gasteiger partial charge in [0.1, 0.15) is 12.4 Å². The quantitative estimate of drug-likeness (QED) is 0.874. The molecule has 2 aromatic rings. The summed E-state index contributed by atoms with van der Waals surface area (Å²) in [5, 5.41) is 6.01. The Labute approximate surface area is 141 Å². The molecule has 2 rings (SSSR count). The molecule has 5 nitrogen and oxygen atoms in total. The summed E-state index contributed by atoms with van der Waals surface area (Å²) in [6, 6.07) is 7.45. The first-order valence-corrected chi connectivity index (χ1v) is 8.58. The highest BCUT2D eigenvalue weighted by Crippen LogP contribution is 2.20. The largest absolute Gasteiger partial charge is 0.487 e. The number of carbonyl (C=O) groups is 1. The van der Waals surface area contributed by atoms with Crippen LogP contribution in [0.1, 0.15) is 31.5 Å². The molecule has 0 aliphatic carbocycles. The van der Waals surface area contributed by atoms with Gasteiger partial charge in [0.15, 0.2) is 0 Å². The van der Waals surface area contributed by atoms with Crippen molar-refractivity contribution in [2.45, 2.75) is 39.8 Å². The molecule has 1 aromatic carbocycles. The van der Waals surface area contributed by atoms with E-state index in [1.807, 2.05) is 43.5 Å². The monoisotopic (exact) mass is 333 g/mol. The Kier molecular flexibility index (Phi) is 5.98.